The normalized spacial score (nSPS) is 17.7. The first-order chi connectivity index (χ1) is 10.7. The molecule has 0 radical (unpaired) electrons. The van der Waals surface area contributed by atoms with Gasteiger partial charge in [-0.05, 0) is 30.5 Å². The Hall–Kier alpha value is -2.30. The van der Waals surface area contributed by atoms with Gasteiger partial charge in [-0.1, -0.05) is 12.1 Å². The maximum atomic E-state index is 12.7. The van der Waals surface area contributed by atoms with Gasteiger partial charge in [0.2, 0.25) is 5.91 Å². The number of ether oxygens (including phenoxy) is 1. The van der Waals surface area contributed by atoms with E-state index in [2.05, 4.69) is 5.10 Å². The second-order valence-electron chi connectivity index (χ2n) is 5.72. The number of aryl methyl sites for hydroxylation is 1. The van der Waals surface area contributed by atoms with Crippen molar-refractivity contribution in [3.05, 3.63) is 47.8 Å². The molecule has 1 atom stereocenters. The van der Waals surface area contributed by atoms with Crippen LogP contribution in [-0.4, -0.2) is 34.2 Å². The molecule has 0 unspecified atom stereocenters. The SMILES string of the molecule is COc1cccc(CC(=O)N2CCC[C@H]2c2cnn(C)c2)c1. The monoisotopic (exact) mass is 299 g/mol. The van der Waals surface area contributed by atoms with Crippen LogP contribution in [0.4, 0.5) is 0 Å². The van der Waals surface area contributed by atoms with Gasteiger partial charge in [0.1, 0.15) is 5.75 Å². The molecule has 2 aromatic rings. The van der Waals surface area contributed by atoms with Gasteiger partial charge in [-0.25, -0.2) is 0 Å². The van der Waals surface area contributed by atoms with Crippen LogP contribution in [0.2, 0.25) is 0 Å². The van der Waals surface area contributed by atoms with E-state index in [-0.39, 0.29) is 11.9 Å². The third kappa shape index (κ3) is 2.98. The molecule has 1 aromatic heterocycles. The Morgan fingerprint density at radius 1 is 1.45 bits per heavy atom. The van der Waals surface area contributed by atoms with E-state index in [4.69, 9.17) is 4.74 Å². The van der Waals surface area contributed by atoms with E-state index in [1.165, 1.54) is 0 Å². The maximum Gasteiger partial charge on any atom is 0.227 e. The smallest absolute Gasteiger partial charge is 0.227 e. The molecule has 0 saturated carbocycles. The van der Waals surface area contributed by atoms with Crippen LogP contribution in [0.25, 0.3) is 0 Å². The lowest BCUT2D eigenvalue weighted by Gasteiger charge is -2.24. The molecule has 0 N–H and O–H groups in total. The zero-order valence-corrected chi connectivity index (χ0v) is 13.0. The summed E-state index contributed by atoms with van der Waals surface area (Å²) in [6.45, 7) is 0.822. The molecule has 1 aromatic carbocycles. The van der Waals surface area contributed by atoms with Crippen LogP contribution in [-0.2, 0) is 18.3 Å². The quantitative estimate of drug-likeness (QED) is 0.870. The third-order valence-electron chi connectivity index (χ3n) is 4.17. The standard InChI is InChI=1S/C17H21N3O2/c1-19-12-14(11-18-19)16-7-4-8-20(16)17(21)10-13-5-3-6-15(9-13)22-2/h3,5-6,9,11-12,16H,4,7-8,10H2,1-2H3/t16-/m0/s1. The average molecular weight is 299 g/mol. The number of hydrogen-bond donors (Lipinski definition) is 0. The molecule has 5 heteroatoms. The molecule has 116 valence electrons. The van der Waals surface area contributed by atoms with E-state index in [0.29, 0.717) is 6.42 Å². The molecular weight excluding hydrogens is 278 g/mol. The van der Waals surface area contributed by atoms with Crippen LogP contribution < -0.4 is 4.74 Å². The van der Waals surface area contributed by atoms with Crippen molar-refractivity contribution < 1.29 is 9.53 Å². The van der Waals surface area contributed by atoms with Crippen LogP contribution >= 0.6 is 0 Å². The maximum absolute atomic E-state index is 12.7. The second kappa shape index (κ2) is 6.22. The van der Waals surface area contributed by atoms with Crippen molar-refractivity contribution in [1.29, 1.82) is 0 Å². The van der Waals surface area contributed by atoms with Crippen LogP contribution in [0.5, 0.6) is 5.75 Å². The summed E-state index contributed by atoms with van der Waals surface area (Å²) >= 11 is 0. The number of nitrogens with zero attached hydrogens (tertiary/aromatic N) is 3. The first-order valence-corrected chi connectivity index (χ1v) is 7.58. The molecule has 5 nitrogen and oxygen atoms in total. The number of rotatable bonds is 4. The van der Waals surface area contributed by atoms with E-state index in [0.717, 1.165) is 36.3 Å². The number of likely N-dealkylation sites (tertiary alicyclic amines) is 1. The lowest BCUT2D eigenvalue weighted by molar-refractivity contribution is -0.131. The van der Waals surface area contributed by atoms with Gasteiger partial charge in [-0.15, -0.1) is 0 Å². The van der Waals surface area contributed by atoms with Gasteiger partial charge in [0.05, 0.1) is 25.8 Å². The van der Waals surface area contributed by atoms with Gasteiger partial charge in [0.15, 0.2) is 0 Å². The highest BCUT2D eigenvalue weighted by Gasteiger charge is 2.30. The molecule has 3 rings (SSSR count). The molecule has 1 aliphatic rings. The number of carbonyl (C=O) groups excluding carboxylic acids is 1. The Morgan fingerprint density at radius 3 is 3.05 bits per heavy atom. The zero-order valence-electron chi connectivity index (χ0n) is 13.0. The van der Waals surface area contributed by atoms with Crippen molar-refractivity contribution in [1.82, 2.24) is 14.7 Å². The van der Waals surface area contributed by atoms with Crippen LogP contribution in [0.15, 0.2) is 36.7 Å². The lowest BCUT2D eigenvalue weighted by atomic mass is 10.1. The number of amides is 1. The average Bonchev–Trinajstić information content (AvgIpc) is 3.15. The number of methoxy groups -OCH3 is 1. The molecule has 1 aliphatic heterocycles. The van der Waals surface area contributed by atoms with Crippen LogP contribution in [0, 0.1) is 0 Å². The minimum atomic E-state index is 0.159. The molecule has 2 heterocycles. The van der Waals surface area contributed by atoms with E-state index in [1.54, 1.807) is 11.8 Å². The summed E-state index contributed by atoms with van der Waals surface area (Å²) < 4.78 is 7.01. The molecule has 1 amide bonds. The summed E-state index contributed by atoms with van der Waals surface area (Å²) in [4.78, 5) is 14.6. The Morgan fingerprint density at radius 2 is 2.32 bits per heavy atom. The summed E-state index contributed by atoms with van der Waals surface area (Å²) in [5.41, 5.74) is 2.11. The minimum absolute atomic E-state index is 0.159. The van der Waals surface area contributed by atoms with Gasteiger partial charge in [0.25, 0.3) is 0 Å². The number of carbonyl (C=O) groups is 1. The first-order valence-electron chi connectivity index (χ1n) is 7.58. The van der Waals surface area contributed by atoms with Gasteiger partial charge < -0.3 is 9.64 Å². The fourth-order valence-corrected chi connectivity index (χ4v) is 3.08. The molecule has 0 aliphatic carbocycles. The topological polar surface area (TPSA) is 47.4 Å². The fourth-order valence-electron chi connectivity index (χ4n) is 3.08. The fraction of sp³-hybridized carbons (Fsp3) is 0.412. The molecule has 1 saturated heterocycles. The highest BCUT2D eigenvalue weighted by atomic mass is 16.5. The molecule has 1 fully saturated rings. The highest BCUT2D eigenvalue weighted by Crippen LogP contribution is 2.32. The van der Waals surface area contributed by atoms with Gasteiger partial charge in [-0.2, -0.15) is 5.10 Å². The Bertz CT molecular complexity index is 665. The van der Waals surface area contributed by atoms with E-state index < -0.39 is 0 Å². The Kier molecular flexibility index (Phi) is 4.13. The summed E-state index contributed by atoms with van der Waals surface area (Å²) in [7, 11) is 3.54. The Balaban J connectivity index is 1.73. The number of benzene rings is 1. The molecule has 0 bridgehead atoms. The number of aromatic nitrogens is 2. The van der Waals surface area contributed by atoms with Crippen molar-refractivity contribution in [3.8, 4) is 5.75 Å². The summed E-state index contributed by atoms with van der Waals surface area (Å²) in [5.74, 6) is 0.954. The zero-order chi connectivity index (χ0) is 15.5. The highest BCUT2D eigenvalue weighted by molar-refractivity contribution is 5.79. The van der Waals surface area contributed by atoms with Crippen LogP contribution in [0.1, 0.15) is 30.0 Å². The van der Waals surface area contributed by atoms with E-state index in [9.17, 15) is 4.79 Å². The van der Waals surface area contributed by atoms with Crippen molar-refractivity contribution in [3.63, 3.8) is 0 Å². The Labute approximate surface area is 130 Å². The third-order valence-corrected chi connectivity index (χ3v) is 4.17. The van der Waals surface area contributed by atoms with Gasteiger partial charge >= 0.3 is 0 Å². The summed E-state index contributed by atoms with van der Waals surface area (Å²) in [6, 6.07) is 7.86. The predicted molar refractivity (Wildman–Crippen MR) is 83.6 cm³/mol. The van der Waals surface area contributed by atoms with E-state index >= 15 is 0 Å². The number of hydrogen-bond acceptors (Lipinski definition) is 3. The van der Waals surface area contributed by atoms with Crippen LogP contribution in [0.3, 0.4) is 0 Å². The predicted octanol–water partition coefficient (Wildman–Crippen LogP) is 2.33. The van der Waals surface area contributed by atoms with Gasteiger partial charge in [0, 0.05) is 25.4 Å². The second-order valence-corrected chi connectivity index (χ2v) is 5.72. The van der Waals surface area contributed by atoms with Crippen molar-refractivity contribution in [2.75, 3.05) is 13.7 Å². The lowest BCUT2D eigenvalue weighted by Crippen LogP contribution is -2.31. The summed E-state index contributed by atoms with van der Waals surface area (Å²) in [5, 5.41) is 4.22. The largest absolute Gasteiger partial charge is 0.497 e. The summed E-state index contributed by atoms with van der Waals surface area (Å²) in [6.07, 6.45) is 6.33. The first kappa shape index (κ1) is 14.6. The van der Waals surface area contributed by atoms with Crippen molar-refractivity contribution in [2.24, 2.45) is 7.05 Å². The molecule has 0 spiro atoms. The van der Waals surface area contributed by atoms with Crippen molar-refractivity contribution in [2.45, 2.75) is 25.3 Å². The van der Waals surface area contributed by atoms with Gasteiger partial charge in [-0.3, -0.25) is 9.48 Å². The molecular formula is C17H21N3O2. The molecule has 22 heavy (non-hydrogen) atoms. The van der Waals surface area contributed by atoms with Crippen molar-refractivity contribution >= 4 is 5.91 Å². The minimum Gasteiger partial charge on any atom is -0.497 e. The van der Waals surface area contributed by atoms with E-state index in [1.807, 2.05) is 48.6 Å².